The van der Waals surface area contributed by atoms with Crippen LogP contribution in [0.2, 0.25) is 0 Å². The molecule has 0 aliphatic carbocycles. The third-order valence-corrected chi connectivity index (χ3v) is 4.83. The Morgan fingerprint density at radius 2 is 1.75 bits per heavy atom. The number of nitro groups is 1. The molecule has 166 valence electrons. The van der Waals surface area contributed by atoms with Gasteiger partial charge in [-0.05, 0) is 36.8 Å². The second kappa shape index (κ2) is 9.73. The number of carbonyl (C=O) groups excluding carboxylic acids is 2. The lowest BCUT2D eigenvalue weighted by Crippen LogP contribution is -2.25. The average molecular weight is 439 g/mol. The number of benzene rings is 2. The van der Waals surface area contributed by atoms with Crippen molar-refractivity contribution in [3.05, 3.63) is 97.4 Å². The highest BCUT2D eigenvalue weighted by Crippen LogP contribution is 2.27. The van der Waals surface area contributed by atoms with Gasteiger partial charge in [-0.3, -0.25) is 20.0 Å². The Balaban J connectivity index is 2.20. The van der Waals surface area contributed by atoms with Crippen LogP contribution in [-0.2, 0) is 9.47 Å². The number of aromatic amines is 1. The lowest BCUT2D eigenvalue weighted by molar-refractivity contribution is -0.481. The number of rotatable bonds is 8. The summed E-state index contributed by atoms with van der Waals surface area (Å²) in [6.07, 6.45) is 0. The van der Waals surface area contributed by atoms with Gasteiger partial charge >= 0.3 is 11.9 Å². The van der Waals surface area contributed by atoms with Gasteiger partial charge in [0.25, 0.3) is 5.56 Å². The Bertz CT molecular complexity index is 1180. The van der Waals surface area contributed by atoms with Crippen LogP contribution in [0.15, 0.2) is 59.4 Å². The molecule has 3 aromatic rings. The summed E-state index contributed by atoms with van der Waals surface area (Å²) < 4.78 is 10.9. The lowest BCUT2D eigenvalue weighted by Gasteiger charge is -2.13. The normalized spacial score (nSPS) is 11.6. The number of nitrogens with one attached hydrogen (secondary N) is 1. The van der Waals surface area contributed by atoms with E-state index in [1.807, 2.05) is 0 Å². The van der Waals surface area contributed by atoms with Crippen molar-refractivity contribution >= 4 is 11.9 Å². The van der Waals surface area contributed by atoms with Crippen LogP contribution in [0.1, 0.15) is 44.8 Å². The molecule has 10 heteroatoms. The number of ether oxygens (including phenoxy) is 2. The van der Waals surface area contributed by atoms with E-state index in [4.69, 9.17) is 4.74 Å². The number of nitrogens with zero attached hydrogens (tertiary/aromatic N) is 2. The maximum absolute atomic E-state index is 13.3. The third-order valence-electron chi connectivity index (χ3n) is 4.83. The number of hydrogen-bond donors (Lipinski definition) is 1. The molecule has 1 unspecified atom stereocenters. The monoisotopic (exact) mass is 439 g/mol. The number of esters is 2. The summed E-state index contributed by atoms with van der Waals surface area (Å²) >= 11 is 0. The second-order valence-corrected chi connectivity index (χ2v) is 6.78. The summed E-state index contributed by atoms with van der Waals surface area (Å²) in [5.74, 6) is -2.43. The predicted octanol–water partition coefficient (Wildman–Crippen LogP) is 2.54. The van der Waals surface area contributed by atoms with Crippen LogP contribution in [0.3, 0.4) is 0 Å². The van der Waals surface area contributed by atoms with Crippen LogP contribution >= 0.6 is 0 Å². The number of methoxy groups -OCH3 is 1. The third kappa shape index (κ3) is 4.59. The first-order valence-corrected chi connectivity index (χ1v) is 9.74. The van der Waals surface area contributed by atoms with E-state index in [1.165, 1.54) is 31.4 Å². The summed E-state index contributed by atoms with van der Waals surface area (Å²) in [6.45, 7) is 1.03. The van der Waals surface area contributed by atoms with Gasteiger partial charge in [0.2, 0.25) is 6.54 Å². The maximum atomic E-state index is 13.3. The van der Waals surface area contributed by atoms with Crippen molar-refractivity contribution in [2.24, 2.45) is 0 Å². The van der Waals surface area contributed by atoms with Gasteiger partial charge in [-0.15, -0.1) is 0 Å². The van der Waals surface area contributed by atoms with Gasteiger partial charge in [0.1, 0.15) is 5.69 Å². The first-order valence-electron chi connectivity index (χ1n) is 9.74. The summed E-state index contributed by atoms with van der Waals surface area (Å²) in [4.78, 5) is 48.6. The number of para-hydroxylation sites is 1. The van der Waals surface area contributed by atoms with Crippen LogP contribution in [0.25, 0.3) is 5.69 Å². The van der Waals surface area contributed by atoms with E-state index in [9.17, 15) is 24.5 Å². The molecule has 0 spiro atoms. The quantitative estimate of drug-likeness (QED) is 0.324. The first-order chi connectivity index (χ1) is 15.4. The zero-order valence-electron chi connectivity index (χ0n) is 17.4. The Morgan fingerprint density at radius 3 is 2.31 bits per heavy atom. The van der Waals surface area contributed by atoms with Gasteiger partial charge in [0.15, 0.2) is 0 Å². The smallest absolute Gasteiger partial charge is 0.356 e. The minimum Gasteiger partial charge on any atom is -0.465 e. The van der Waals surface area contributed by atoms with Crippen molar-refractivity contribution in [1.29, 1.82) is 0 Å². The Morgan fingerprint density at radius 1 is 1.09 bits per heavy atom. The molecule has 1 atom stereocenters. The van der Waals surface area contributed by atoms with Crippen molar-refractivity contribution in [3.8, 4) is 5.69 Å². The zero-order chi connectivity index (χ0) is 23.3. The van der Waals surface area contributed by atoms with Crippen LogP contribution < -0.4 is 5.56 Å². The summed E-state index contributed by atoms with van der Waals surface area (Å²) in [6, 6.07) is 14.4. The maximum Gasteiger partial charge on any atom is 0.356 e. The topological polar surface area (TPSA) is 134 Å². The number of hydrogen-bond acceptors (Lipinski definition) is 7. The lowest BCUT2D eigenvalue weighted by atomic mass is 9.90. The van der Waals surface area contributed by atoms with Crippen molar-refractivity contribution in [2.45, 2.75) is 12.8 Å². The molecule has 1 N–H and O–H groups in total. The Hall–Kier alpha value is -4.21. The van der Waals surface area contributed by atoms with E-state index >= 15 is 0 Å². The van der Waals surface area contributed by atoms with Gasteiger partial charge < -0.3 is 9.47 Å². The molecule has 0 radical (unpaired) electrons. The van der Waals surface area contributed by atoms with Gasteiger partial charge in [0.05, 0.1) is 36.4 Å². The molecule has 2 aromatic carbocycles. The molecule has 0 aliphatic heterocycles. The predicted molar refractivity (Wildman–Crippen MR) is 114 cm³/mol. The van der Waals surface area contributed by atoms with E-state index in [2.05, 4.69) is 9.84 Å². The van der Waals surface area contributed by atoms with Crippen LogP contribution in [0.5, 0.6) is 0 Å². The van der Waals surface area contributed by atoms with Crippen molar-refractivity contribution in [3.63, 3.8) is 0 Å². The zero-order valence-corrected chi connectivity index (χ0v) is 17.4. The number of aromatic nitrogens is 2. The summed E-state index contributed by atoms with van der Waals surface area (Å²) in [5, 5.41) is 14.2. The van der Waals surface area contributed by atoms with Crippen LogP contribution in [0.4, 0.5) is 0 Å². The molecule has 1 heterocycles. The standard InChI is InChI=1S/C22H21N3O7/c1-3-32-22(28)19-18(20(26)25(23-19)16-7-5-4-6-8-16)17(13-24(29)30)14-9-11-15(12-10-14)21(27)31-2/h4-12,17,23H,3,13H2,1-2H3. The second-order valence-electron chi connectivity index (χ2n) is 6.78. The van der Waals surface area contributed by atoms with Gasteiger partial charge in [0, 0.05) is 4.92 Å². The van der Waals surface area contributed by atoms with Crippen LogP contribution in [0, 0.1) is 10.1 Å². The molecule has 32 heavy (non-hydrogen) atoms. The SMILES string of the molecule is CCOC(=O)c1[nH]n(-c2ccccc2)c(=O)c1C(C[N+](=O)[O-])c1ccc(C(=O)OC)cc1. The largest absolute Gasteiger partial charge is 0.465 e. The molecular weight excluding hydrogens is 418 g/mol. The Kier molecular flexibility index (Phi) is 6.83. The minimum absolute atomic E-state index is 0.0601. The molecule has 0 aliphatic rings. The fraction of sp³-hybridized carbons (Fsp3) is 0.227. The minimum atomic E-state index is -1.06. The van der Waals surface area contributed by atoms with Crippen molar-refractivity contribution < 1.29 is 24.0 Å². The van der Waals surface area contributed by atoms with Gasteiger partial charge in [-0.2, -0.15) is 0 Å². The highest BCUT2D eigenvalue weighted by Gasteiger charge is 2.32. The fourth-order valence-electron chi connectivity index (χ4n) is 3.37. The molecule has 0 saturated heterocycles. The van der Waals surface area contributed by atoms with E-state index < -0.39 is 34.9 Å². The van der Waals surface area contributed by atoms with Crippen LogP contribution in [-0.4, -0.2) is 46.9 Å². The fourth-order valence-corrected chi connectivity index (χ4v) is 3.37. The number of carbonyl (C=O) groups is 2. The molecule has 3 rings (SSSR count). The van der Waals surface area contributed by atoms with Crippen molar-refractivity contribution in [1.82, 2.24) is 9.78 Å². The molecule has 10 nitrogen and oxygen atoms in total. The van der Waals surface area contributed by atoms with Gasteiger partial charge in [-0.1, -0.05) is 30.3 Å². The number of H-pyrrole nitrogens is 1. The molecule has 0 fully saturated rings. The van der Waals surface area contributed by atoms with E-state index in [0.717, 1.165) is 4.68 Å². The molecule has 0 saturated carbocycles. The van der Waals surface area contributed by atoms with Crippen molar-refractivity contribution in [2.75, 3.05) is 20.3 Å². The van der Waals surface area contributed by atoms with Gasteiger partial charge in [-0.25, -0.2) is 14.3 Å². The molecule has 0 amide bonds. The summed E-state index contributed by atoms with van der Waals surface area (Å²) in [5.41, 5.74) is 0.228. The molecule has 1 aromatic heterocycles. The van der Waals surface area contributed by atoms with E-state index in [0.29, 0.717) is 11.3 Å². The highest BCUT2D eigenvalue weighted by molar-refractivity contribution is 5.90. The highest BCUT2D eigenvalue weighted by atomic mass is 16.6. The summed E-state index contributed by atoms with van der Waals surface area (Å²) in [7, 11) is 1.24. The first kappa shape index (κ1) is 22.5. The average Bonchev–Trinajstić information content (AvgIpc) is 3.14. The van der Waals surface area contributed by atoms with E-state index in [1.54, 1.807) is 37.3 Å². The molecular formula is C22H21N3O7. The van der Waals surface area contributed by atoms with E-state index in [-0.39, 0.29) is 23.4 Å². The molecule has 0 bridgehead atoms. The Labute approximate surface area is 182 Å².